The molecule has 3 atom stereocenters. The minimum atomic E-state index is -3.67. The molecule has 1 aromatic rings. The third-order valence-electron chi connectivity index (χ3n) is 3.85. The lowest BCUT2D eigenvalue weighted by Gasteiger charge is -2.34. The van der Waals surface area contributed by atoms with Crippen LogP contribution in [0.5, 0.6) is 0 Å². The van der Waals surface area contributed by atoms with Crippen LogP contribution in [0.2, 0.25) is 0 Å². The highest BCUT2D eigenvalue weighted by Gasteiger charge is 2.32. The van der Waals surface area contributed by atoms with Crippen LogP contribution in [-0.2, 0) is 14.8 Å². The molecule has 25 heavy (non-hydrogen) atoms. The van der Waals surface area contributed by atoms with Gasteiger partial charge in [-0.25, -0.2) is 8.42 Å². The largest absolute Gasteiger partial charge is 0.373 e. The number of hydrogen-bond donors (Lipinski definition) is 2. The number of carbonyl (C=O) groups is 1. The second-order valence-electron chi connectivity index (χ2n) is 6.22. The zero-order valence-electron chi connectivity index (χ0n) is 14.6. The van der Waals surface area contributed by atoms with Crippen LogP contribution in [-0.4, -0.2) is 56.5 Å². The molecule has 1 fully saturated rings. The number of nitrogens with one attached hydrogen (secondary N) is 1. The first-order chi connectivity index (χ1) is 11.2. The Balaban J connectivity index is 0.00000312. The molecule has 0 bridgehead atoms. The summed E-state index contributed by atoms with van der Waals surface area (Å²) in [5, 5.41) is 2.73. The van der Waals surface area contributed by atoms with Crippen molar-refractivity contribution in [3.8, 4) is 0 Å². The van der Waals surface area contributed by atoms with Crippen LogP contribution in [0.15, 0.2) is 29.2 Å². The summed E-state index contributed by atoms with van der Waals surface area (Å²) in [5.74, 6) is -0.339. The van der Waals surface area contributed by atoms with Crippen LogP contribution in [0.1, 0.15) is 31.1 Å². The van der Waals surface area contributed by atoms with Gasteiger partial charge in [-0.15, -0.1) is 12.4 Å². The topological polar surface area (TPSA) is 102 Å². The summed E-state index contributed by atoms with van der Waals surface area (Å²) in [6.45, 7) is 6.38. The zero-order chi connectivity index (χ0) is 17.9. The molecule has 1 amide bonds. The SMILES string of the molecule is CC1CN(S(=O)(=O)c2cccc(C(=O)N[C@@H](C)CN)c2)CC(C)O1.Cl. The fourth-order valence-electron chi connectivity index (χ4n) is 2.64. The summed E-state index contributed by atoms with van der Waals surface area (Å²) in [4.78, 5) is 12.3. The maximum atomic E-state index is 12.9. The van der Waals surface area contributed by atoms with Gasteiger partial charge in [0.25, 0.3) is 5.91 Å². The second kappa shape index (κ2) is 8.95. The van der Waals surface area contributed by atoms with E-state index in [0.29, 0.717) is 25.2 Å². The Morgan fingerprint density at radius 2 is 1.96 bits per heavy atom. The second-order valence-corrected chi connectivity index (χ2v) is 8.16. The molecular formula is C16H26ClN3O4S. The Kier molecular flexibility index (Phi) is 7.83. The van der Waals surface area contributed by atoms with Crippen LogP contribution >= 0.6 is 12.4 Å². The minimum Gasteiger partial charge on any atom is -0.373 e. The van der Waals surface area contributed by atoms with Crippen LogP contribution < -0.4 is 11.1 Å². The van der Waals surface area contributed by atoms with E-state index in [4.69, 9.17) is 10.5 Å². The summed E-state index contributed by atoms with van der Waals surface area (Å²) in [5.41, 5.74) is 5.79. The molecule has 0 aliphatic carbocycles. The van der Waals surface area contributed by atoms with Crippen molar-refractivity contribution in [3.63, 3.8) is 0 Å². The van der Waals surface area contributed by atoms with Gasteiger partial charge in [0.1, 0.15) is 0 Å². The van der Waals surface area contributed by atoms with Gasteiger partial charge in [0, 0.05) is 31.2 Å². The van der Waals surface area contributed by atoms with Gasteiger partial charge in [-0.05, 0) is 39.0 Å². The molecule has 0 aromatic heterocycles. The van der Waals surface area contributed by atoms with E-state index in [-0.39, 0.29) is 41.5 Å². The molecule has 9 heteroatoms. The van der Waals surface area contributed by atoms with Crippen molar-refractivity contribution in [1.82, 2.24) is 9.62 Å². The number of nitrogens with two attached hydrogens (primary N) is 1. The van der Waals surface area contributed by atoms with E-state index < -0.39 is 10.0 Å². The fraction of sp³-hybridized carbons (Fsp3) is 0.562. The van der Waals surface area contributed by atoms with Gasteiger partial charge in [0.05, 0.1) is 17.1 Å². The van der Waals surface area contributed by atoms with Crippen LogP contribution in [0, 0.1) is 0 Å². The van der Waals surface area contributed by atoms with Gasteiger partial charge >= 0.3 is 0 Å². The first-order valence-corrected chi connectivity index (χ1v) is 9.44. The summed E-state index contributed by atoms with van der Waals surface area (Å²) in [7, 11) is -3.67. The van der Waals surface area contributed by atoms with Crippen molar-refractivity contribution < 1.29 is 17.9 Å². The van der Waals surface area contributed by atoms with Crippen molar-refractivity contribution in [1.29, 1.82) is 0 Å². The lowest BCUT2D eigenvalue weighted by atomic mass is 10.2. The first kappa shape index (κ1) is 21.9. The molecule has 1 aliphatic rings. The standard InChI is InChI=1S/C16H25N3O4S.ClH/c1-11(8-17)18-16(20)14-5-4-6-15(7-14)24(21,22)19-9-12(2)23-13(3)10-19;/h4-7,11-13H,8-10,17H2,1-3H3,(H,18,20);1H/t11-,12?,13?;/m0./s1. The number of amides is 1. The van der Waals surface area contributed by atoms with Crippen molar-refractivity contribution >= 4 is 28.3 Å². The van der Waals surface area contributed by atoms with Gasteiger partial charge < -0.3 is 15.8 Å². The van der Waals surface area contributed by atoms with E-state index >= 15 is 0 Å². The Hall–Kier alpha value is -1.19. The lowest BCUT2D eigenvalue weighted by Crippen LogP contribution is -2.48. The number of halogens is 1. The third kappa shape index (κ3) is 5.39. The first-order valence-electron chi connectivity index (χ1n) is 8.00. The Morgan fingerprint density at radius 3 is 2.52 bits per heavy atom. The molecule has 142 valence electrons. The van der Waals surface area contributed by atoms with Crippen LogP contribution in [0.25, 0.3) is 0 Å². The fourth-order valence-corrected chi connectivity index (χ4v) is 4.28. The van der Waals surface area contributed by atoms with E-state index in [1.54, 1.807) is 19.1 Å². The number of sulfonamides is 1. The van der Waals surface area contributed by atoms with Gasteiger partial charge in [-0.2, -0.15) is 4.31 Å². The number of benzene rings is 1. The maximum Gasteiger partial charge on any atom is 0.251 e. The molecule has 7 nitrogen and oxygen atoms in total. The van der Waals surface area contributed by atoms with Crippen molar-refractivity contribution in [2.75, 3.05) is 19.6 Å². The normalized spacial score (nSPS) is 22.7. The Bertz CT molecular complexity index is 688. The molecule has 0 spiro atoms. The molecule has 2 unspecified atom stereocenters. The predicted octanol–water partition coefficient (Wildman–Crippen LogP) is 0.983. The zero-order valence-corrected chi connectivity index (χ0v) is 16.3. The number of hydrogen-bond acceptors (Lipinski definition) is 5. The summed E-state index contributed by atoms with van der Waals surface area (Å²) in [6.07, 6.45) is -0.333. The number of rotatable bonds is 5. The highest BCUT2D eigenvalue weighted by atomic mass is 35.5. The molecular weight excluding hydrogens is 366 g/mol. The molecule has 2 rings (SSSR count). The van der Waals surface area contributed by atoms with Gasteiger partial charge in [-0.1, -0.05) is 6.07 Å². The molecule has 0 saturated carbocycles. The number of carbonyl (C=O) groups excluding carboxylic acids is 1. The molecule has 0 radical (unpaired) electrons. The minimum absolute atomic E-state index is 0. The van der Waals surface area contributed by atoms with Crippen molar-refractivity contribution in [3.05, 3.63) is 29.8 Å². The van der Waals surface area contributed by atoms with Gasteiger partial charge in [0.15, 0.2) is 0 Å². The van der Waals surface area contributed by atoms with Crippen molar-refractivity contribution in [2.45, 2.75) is 43.9 Å². The molecule has 3 N–H and O–H groups in total. The molecule has 1 aromatic carbocycles. The highest BCUT2D eigenvalue weighted by molar-refractivity contribution is 7.89. The summed E-state index contributed by atoms with van der Waals surface area (Å²) < 4.78 is 32.7. The van der Waals surface area contributed by atoms with Crippen LogP contribution in [0.4, 0.5) is 0 Å². The predicted molar refractivity (Wildman–Crippen MR) is 98.4 cm³/mol. The van der Waals surface area contributed by atoms with E-state index in [2.05, 4.69) is 5.32 Å². The van der Waals surface area contributed by atoms with Crippen LogP contribution in [0.3, 0.4) is 0 Å². The molecule has 1 aliphatic heterocycles. The molecule has 1 saturated heterocycles. The molecule has 1 heterocycles. The van der Waals surface area contributed by atoms with Gasteiger partial charge in [0.2, 0.25) is 10.0 Å². The Labute approximate surface area is 155 Å². The van der Waals surface area contributed by atoms with E-state index in [0.717, 1.165) is 0 Å². The van der Waals surface area contributed by atoms with E-state index in [1.165, 1.54) is 16.4 Å². The lowest BCUT2D eigenvalue weighted by molar-refractivity contribution is -0.0440. The Morgan fingerprint density at radius 1 is 1.36 bits per heavy atom. The van der Waals surface area contributed by atoms with Crippen molar-refractivity contribution in [2.24, 2.45) is 5.73 Å². The number of morpholine rings is 1. The smallest absolute Gasteiger partial charge is 0.251 e. The monoisotopic (exact) mass is 391 g/mol. The van der Waals surface area contributed by atoms with E-state index in [9.17, 15) is 13.2 Å². The summed E-state index contributed by atoms with van der Waals surface area (Å²) in [6, 6.07) is 5.88. The summed E-state index contributed by atoms with van der Waals surface area (Å²) >= 11 is 0. The number of nitrogens with zero attached hydrogens (tertiary/aromatic N) is 1. The number of ether oxygens (including phenoxy) is 1. The van der Waals surface area contributed by atoms with Gasteiger partial charge in [-0.3, -0.25) is 4.79 Å². The highest BCUT2D eigenvalue weighted by Crippen LogP contribution is 2.22. The van der Waals surface area contributed by atoms with E-state index in [1.807, 2.05) is 13.8 Å². The maximum absolute atomic E-state index is 12.9. The average molecular weight is 392 g/mol. The third-order valence-corrected chi connectivity index (χ3v) is 5.68. The quantitative estimate of drug-likeness (QED) is 0.779. The average Bonchev–Trinajstić information content (AvgIpc) is 2.53.